The number of methoxy groups -OCH3 is 1. The minimum atomic E-state index is -0.229. The van der Waals surface area contributed by atoms with Crippen LogP contribution in [0.1, 0.15) is 6.42 Å². The molecule has 1 aliphatic heterocycles. The summed E-state index contributed by atoms with van der Waals surface area (Å²) in [5.41, 5.74) is 0. The number of benzene rings is 1. The molecular weight excluding hydrogens is 278 g/mol. The molecule has 1 fully saturated rings. The van der Waals surface area contributed by atoms with Gasteiger partial charge < -0.3 is 14.2 Å². The summed E-state index contributed by atoms with van der Waals surface area (Å²) in [4.78, 5) is 13.3. The van der Waals surface area contributed by atoms with Gasteiger partial charge in [-0.15, -0.1) is 11.8 Å². The molecule has 0 bridgehead atoms. The van der Waals surface area contributed by atoms with Gasteiger partial charge in [0.1, 0.15) is 0 Å². The van der Waals surface area contributed by atoms with Crippen LogP contribution in [-0.2, 0) is 4.74 Å². The second kappa shape index (κ2) is 7.89. The van der Waals surface area contributed by atoms with Crippen LogP contribution in [0.3, 0.4) is 0 Å². The number of nitrogens with zero attached hydrogens (tertiary/aromatic N) is 1. The maximum atomic E-state index is 11.6. The van der Waals surface area contributed by atoms with Crippen LogP contribution in [0.25, 0.3) is 0 Å². The van der Waals surface area contributed by atoms with Crippen molar-refractivity contribution < 1.29 is 19.0 Å². The van der Waals surface area contributed by atoms with Crippen LogP contribution in [0, 0.1) is 0 Å². The number of carbonyl (C=O) groups excluding carboxylic acids is 1. The number of para-hydroxylation sites is 2. The number of hydrogen-bond donors (Lipinski definition) is 0. The number of ether oxygens (including phenoxy) is 3. The van der Waals surface area contributed by atoms with Gasteiger partial charge in [-0.2, -0.15) is 0 Å². The molecule has 1 saturated heterocycles. The molecule has 1 aromatic rings. The molecule has 1 heterocycles. The van der Waals surface area contributed by atoms with Crippen molar-refractivity contribution in [1.82, 2.24) is 4.90 Å². The average Bonchev–Trinajstić information content (AvgIpc) is 3.01. The third kappa shape index (κ3) is 4.23. The highest BCUT2D eigenvalue weighted by atomic mass is 32.2. The van der Waals surface area contributed by atoms with Gasteiger partial charge in [-0.1, -0.05) is 12.1 Å². The number of rotatable bonds is 6. The summed E-state index contributed by atoms with van der Waals surface area (Å²) in [5, 5.41) is 0. The Labute approximate surface area is 123 Å². The molecule has 1 aliphatic rings. The van der Waals surface area contributed by atoms with Gasteiger partial charge in [-0.25, -0.2) is 4.79 Å². The van der Waals surface area contributed by atoms with Crippen molar-refractivity contribution in [2.75, 3.05) is 38.5 Å². The molecule has 2 rings (SSSR count). The Kier molecular flexibility index (Phi) is 5.86. The molecule has 0 aliphatic carbocycles. The van der Waals surface area contributed by atoms with Gasteiger partial charge in [0.25, 0.3) is 0 Å². The Morgan fingerprint density at radius 2 is 2.10 bits per heavy atom. The Balaban J connectivity index is 1.62. The van der Waals surface area contributed by atoms with Crippen molar-refractivity contribution in [3.05, 3.63) is 24.3 Å². The molecule has 1 amide bonds. The second-order valence-corrected chi connectivity index (χ2v) is 5.34. The molecule has 0 N–H and O–H groups in total. The fourth-order valence-corrected chi connectivity index (χ4v) is 2.72. The summed E-state index contributed by atoms with van der Waals surface area (Å²) >= 11 is 1.74. The van der Waals surface area contributed by atoms with E-state index >= 15 is 0 Å². The largest absolute Gasteiger partial charge is 0.493 e. The highest BCUT2D eigenvalue weighted by Crippen LogP contribution is 2.25. The first-order valence-electron chi connectivity index (χ1n) is 6.56. The maximum absolute atomic E-state index is 11.6. The van der Waals surface area contributed by atoms with E-state index in [1.54, 1.807) is 23.8 Å². The first kappa shape index (κ1) is 14.8. The molecule has 0 saturated carbocycles. The van der Waals surface area contributed by atoms with Crippen LogP contribution in [0.2, 0.25) is 0 Å². The molecule has 0 unspecified atom stereocenters. The molecule has 1 aromatic carbocycles. The summed E-state index contributed by atoms with van der Waals surface area (Å²) in [6, 6.07) is 7.48. The summed E-state index contributed by atoms with van der Waals surface area (Å²) in [7, 11) is 1.61. The van der Waals surface area contributed by atoms with Gasteiger partial charge in [0, 0.05) is 18.7 Å². The van der Waals surface area contributed by atoms with E-state index in [2.05, 4.69) is 0 Å². The lowest BCUT2D eigenvalue weighted by molar-refractivity contribution is 0.106. The van der Waals surface area contributed by atoms with Gasteiger partial charge in [-0.3, -0.25) is 4.90 Å². The number of thioether (sulfide) groups is 1. The van der Waals surface area contributed by atoms with E-state index in [9.17, 15) is 4.79 Å². The Morgan fingerprint density at radius 3 is 2.80 bits per heavy atom. The van der Waals surface area contributed by atoms with Crippen molar-refractivity contribution in [3.63, 3.8) is 0 Å². The first-order chi connectivity index (χ1) is 9.81. The minimum Gasteiger partial charge on any atom is -0.493 e. The van der Waals surface area contributed by atoms with Crippen molar-refractivity contribution in [2.24, 2.45) is 0 Å². The predicted octanol–water partition coefficient (Wildman–Crippen LogP) is 2.61. The highest BCUT2D eigenvalue weighted by molar-refractivity contribution is 7.99. The van der Waals surface area contributed by atoms with Gasteiger partial charge in [0.05, 0.1) is 26.2 Å². The van der Waals surface area contributed by atoms with Crippen molar-refractivity contribution in [1.29, 1.82) is 0 Å². The Morgan fingerprint density at radius 1 is 1.30 bits per heavy atom. The van der Waals surface area contributed by atoms with Crippen LogP contribution >= 0.6 is 11.8 Å². The predicted molar refractivity (Wildman–Crippen MR) is 78.5 cm³/mol. The standard InChI is InChI=1S/C14H19NO4S/c1-17-12-5-2-3-6-13(12)18-8-4-9-19-14(16)15-7-10-20-11-15/h2-3,5-6H,4,7-11H2,1H3. The van der Waals surface area contributed by atoms with E-state index in [1.807, 2.05) is 24.3 Å². The van der Waals surface area contributed by atoms with Crippen molar-refractivity contribution in [3.8, 4) is 11.5 Å². The monoisotopic (exact) mass is 297 g/mol. The lowest BCUT2D eigenvalue weighted by atomic mass is 10.3. The average molecular weight is 297 g/mol. The molecule has 110 valence electrons. The zero-order chi connectivity index (χ0) is 14.2. The molecule has 0 aromatic heterocycles. The summed E-state index contributed by atoms with van der Waals surface area (Å²) in [5.74, 6) is 3.14. The summed E-state index contributed by atoms with van der Waals surface area (Å²) in [6.07, 6.45) is 0.428. The minimum absolute atomic E-state index is 0.229. The quantitative estimate of drug-likeness (QED) is 0.755. The van der Waals surface area contributed by atoms with Crippen LogP contribution in [0.5, 0.6) is 11.5 Å². The smallest absolute Gasteiger partial charge is 0.410 e. The van der Waals surface area contributed by atoms with E-state index in [4.69, 9.17) is 14.2 Å². The van der Waals surface area contributed by atoms with Crippen molar-refractivity contribution >= 4 is 17.9 Å². The fourth-order valence-electron chi connectivity index (χ4n) is 1.79. The van der Waals surface area contributed by atoms with E-state index in [0.717, 1.165) is 18.2 Å². The third-order valence-electron chi connectivity index (χ3n) is 2.85. The number of amides is 1. The summed E-state index contributed by atoms with van der Waals surface area (Å²) in [6.45, 7) is 1.64. The van der Waals surface area contributed by atoms with Gasteiger partial charge in [-0.05, 0) is 12.1 Å². The molecule has 0 radical (unpaired) electrons. The van der Waals surface area contributed by atoms with Crippen LogP contribution < -0.4 is 9.47 Å². The normalized spacial score (nSPS) is 14.2. The van der Waals surface area contributed by atoms with E-state index < -0.39 is 0 Å². The summed E-state index contributed by atoms with van der Waals surface area (Å²) < 4.78 is 16.0. The lowest BCUT2D eigenvalue weighted by Gasteiger charge is -2.14. The third-order valence-corrected chi connectivity index (χ3v) is 3.82. The lowest BCUT2D eigenvalue weighted by Crippen LogP contribution is -2.29. The molecule has 20 heavy (non-hydrogen) atoms. The van der Waals surface area contributed by atoms with Gasteiger partial charge >= 0.3 is 6.09 Å². The van der Waals surface area contributed by atoms with E-state index in [-0.39, 0.29) is 6.09 Å². The second-order valence-electron chi connectivity index (χ2n) is 4.27. The zero-order valence-electron chi connectivity index (χ0n) is 11.5. The molecule has 6 heteroatoms. The highest BCUT2D eigenvalue weighted by Gasteiger charge is 2.19. The molecule has 5 nitrogen and oxygen atoms in total. The topological polar surface area (TPSA) is 48.0 Å². The van der Waals surface area contributed by atoms with Crippen LogP contribution in [0.15, 0.2) is 24.3 Å². The Bertz CT molecular complexity index is 435. The van der Waals surface area contributed by atoms with E-state index in [0.29, 0.717) is 31.1 Å². The Hall–Kier alpha value is -1.56. The van der Waals surface area contributed by atoms with Gasteiger partial charge in [0.2, 0.25) is 0 Å². The molecule has 0 spiro atoms. The zero-order valence-corrected chi connectivity index (χ0v) is 12.4. The number of carbonyl (C=O) groups is 1. The SMILES string of the molecule is COc1ccccc1OCCCOC(=O)N1CCSC1. The van der Waals surface area contributed by atoms with E-state index in [1.165, 1.54) is 0 Å². The maximum Gasteiger partial charge on any atom is 0.410 e. The number of hydrogen-bond acceptors (Lipinski definition) is 5. The molecular formula is C14H19NO4S. The molecule has 0 atom stereocenters. The van der Waals surface area contributed by atoms with Crippen molar-refractivity contribution in [2.45, 2.75) is 6.42 Å². The van der Waals surface area contributed by atoms with Gasteiger partial charge in [0.15, 0.2) is 11.5 Å². The van der Waals surface area contributed by atoms with Crippen LogP contribution in [-0.4, -0.2) is 49.5 Å². The first-order valence-corrected chi connectivity index (χ1v) is 7.72. The fraction of sp³-hybridized carbons (Fsp3) is 0.500. The van der Waals surface area contributed by atoms with Crippen LogP contribution in [0.4, 0.5) is 4.79 Å².